The Bertz CT molecular complexity index is 584. The molecule has 0 saturated heterocycles. The molecule has 0 nitrogen and oxygen atoms in total. The fourth-order valence-corrected chi connectivity index (χ4v) is 4.99. The average molecular weight is 278 g/mol. The molecule has 2 aromatic rings. The summed E-state index contributed by atoms with van der Waals surface area (Å²) in [4.78, 5) is 0. The van der Waals surface area contributed by atoms with Crippen molar-refractivity contribution in [1.29, 1.82) is 0 Å². The van der Waals surface area contributed by atoms with E-state index in [2.05, 4.69) is 79.7 Å². The van der Waals surface area contributed by atoms with Crippen LogP contribution in [0.5, 0.6) is 0 Å². The quantitative estimate of drug-likeness (QED) is 0.708. The van der Waals surface area contributed by atoms with Gasteiger partial charge in [-0.25, -0.2) is 0 Å². The van der Waals surface area contributed by atoms with Gasteiger partial charge in [-0.3, -0.25) is 0 Å². The van der Waals surface area contributed by atoms with Crippen LogP contribution in [0.1, 0.15) is 19.8 Å². The highest BCUT2D eigenvalue weighted by molar-refractivity contribution is 7.77. The maximum atomic E-state index is 2.42. The molecule has 3 rings (SSSR count). The van der Waals surface area contributed by atoms with Crippen LogP contribution < -0.4 is 10.6 Å². The van der Waals surface area contributed by atoms with Gasteiger partial charge in [-0.05, 0) is 36.7 Å². The summed E-state index contributed by atoms with van der Waals surface area (Å²) >= 11 is 0. The fourth-order valence-electron chi connectivity index (χ4n) is 2.57. The monoisotopic (exact) mass is 278 g/mol. The van der Waals surface area contributed by atoms with Crippen molar-refractivity contribution in [2.45, 2.75) is 19.8 Å². The smallest absolute Gasteiger partial charge is 0.0126 e. The Labute approximate surface area is 122 Å². The molecular weight excluding hydrogens is 259 g/mol. The van der Waals surface area contributed by atoms with Crippen molar-refractivity contribution in [3.63, 3.8) is 0 Å². The third kappa shape index (κ3) is 2.76. The minimum atomic E-state index is -0.400. The third-order valence-corrected chi connectivity index (χ3v) is 6.12. The van der Waals surface area contributed by atoms with Gasteiger partial charge >= 0.3 is 0 Å². The lowest BCUT2D eigenvalue weighted by Crippen LogP contribution is -2.11. The summed E-state index contributed by atoms with van der Waals surface area (Å²) in [5.74, 6) is 0. The highest BCUT2D eigenvalue weighted by atomic mass is 31.1. The molecule has 0 radical (unpaired) electrons. The summed E-state index contributed by atoms with van der Waals surface area (Å²) in [7, 11) is -0.400. The summed E-state index contributed by atoms with van der Waals surface area (Å²) in [5, 5.41) is 4.39. The topological polar surface area (TPSA) is 0 Å². The van der Waals surface area contributed by atoms with Gasteiger partial charge in [0, 0.05) is 0 Å². The Morgan fingerprint density at radius 1 is 0.850 bits per heavy atom. The van der Waals surface area contributed by atoms with Crippen LogP contribution in [0.15, 0.2) is 83.7 Å². The van der Waals surface area contributed by atoms with Gasteiger partial charge in [0.1, 0.15) is 0 Å². The molecule has 20 heavy (non-hydrogen) atoms. The van der Waals surface area contributed by atoms with E-state index in [0.29, 0.717) is 0 Å². The Morgan fingerprint density at radius 2 is 1.40 bits per heavy atom. The third-order valence-electron chi connectivity index (χ3n) is 3.67. The number of allylic oxidation sites excluding steroid dienone is 4. The second kappa shape index (κ2) is 6.20. The van der Waals surface area contributed by atoms with Crippen molar-refractivity contribution in [3.05, 3.63) is 83.7 Å². The minimum Gasteiger partial charge on any atom is -0.0721 e. The van der Waals surface area contributed by atoms with Gasteiger partial charge in [-0.15, -0.1) is 0 Å². The molecule has 0 N–H and O–H groups in total. The zero-order chi connectivity index (χ0) is 13.8. The zero-order valence-electron chi connectivity index (χ0n) is 11.8. The van der Waals surface area contributed by atoms with Gasteiger partial charge in [-0.2, -0.15) is 0 Å². The number of benzene rings is 2. The van der Waals surface area contributed by atoms with Crippen LogP contribution in [-0.4, -0.2) is 0 Å². The van der Waals surface area contributed by atoms with Gasteiger partial charge < -0.3 is 0 Å². The second-order valence-electron chi connectivity index (χ2n) is 5.00. The summed E-state index contributed by atoms with van der Waals surface area (Å²) in [5.41, 5.74) is 1.55. The predicted octanol–water partition coefficient (Wildman–Crippen LogP) is 4.74. The van der Waals surface area contributed by atoms with Crippen molar-refractivity contribution in [2.75, 3.05) is 0 Å². The lowest BCUT2D eigenvalue weighted by atomic mass is 10.2. The van der Waals surface area contributed by atoms with E-state index >= 15 is 0 Å². The van der Waals surface area contributed by atoms with Gasteiger partial charge in [0.25, 0.3) is 0 Å². The number of rotatable bonds is 4. The summed E-state index contributed by atoms with van der Waals surface area (Å²) in [6, 6.07) is 21.8. The molecule has 0 aliphatic heterocycles. The molecule has 2 aromatic carbocycles. The van der Waals surface area contributed by atoms with E-state index in [1.807, 2.05) is 0 Å². The first-order chi connectivity index (χ1) is 9.88. The normalized spacial score (nSPS) is 14.3. The predicted molar refractivity (Wildman–Crippen MR) is 90.1 cm³/mol. The largest absolute Gasteiger partial charge is 0.0721 e. The highest BCUT2D eigenvalue weighted by Gasteiger charge is 2.19. The van der Waals surface area contributed by atoms with Crippen LogP contribution in [0.4, 0.5) is 0 Å². The molecule has 0 unspecified atom stereocenters. The Morgan fingerprint density at radius 3 is 1.85 bits per heavy atom. The van der Waals surface area contributed by atoms with Crippen LogP contribution in [-0.2, 0) is 0 Å². The molecular formula is C19H19P. The fraction of sp³-hybridized carbons (Fsp3) is 0.158. The highest BCUT2D eigenvalue weighted by Crippen LogP contribution is 2.46. The maximum Gasteiger partial charge on any atom is -0.0126 e. The maximum absolute atomic E-state index is 2.42. The van der Waals surface area contributed by atoms with Crippen molar-refractivity contribution in [3.8, 4) is 0 Å². The first-order valence-corrected chi connectivity index (χ1v) is 8.52. The van der Waals surface area contributed by atoms with Crippen molar-refractivity contribution in [1.82, 2.24) is 0 Å². The van der Waals surface area contributed by atoms with Crippen LogP contribution in [0, 0.1) is 0 Å². The molecule has 0 amide bonds. The number of hydrogen-bond acceptors (Lipinski definition) is 0. The van der Waals surface area contributed by atoms with Crippen molar-refractivity contribution in [2.24, 2.45) is 0 Å². The first-order valence-electron chi connectivity index (χ1n) is 7.18. The van der Waals surface area contributed by atoms with Crippen LogP contribution in [0.25, 0.3) is 0 Å². The molecule has 1 aliphatic rings. The minimum absolute atomic E-state index is 0.400. The summed E-state index contributed by atoms with van der Waals surface area (Å²) < 4.78 is 0. The molecule has 100 valence electrons. The molecule has 0 atom stereocenters. The Kier molecular flexibility index (Phi) is 4.14. The van der Waals surface area contributed by atoms with Crippen LogP contribution in [0.2, 0.25) is 0 Å². The van der Waals surface area contributed by atoms with E-state index in [0.717, 1.165) is 12.8 Å². The van der Waals surface area contributed by atoms with Gasteiger partial charge in [0.2, 0.25) is 0 Å². The molecule has 0 aromatic heterocycles. The number of hydrogen-bond donors (Lipinski definition) is 0. The Balaban J connectivity index is 2.04. The van der Waals surface area contributed by atoms with Crippen LogP contribution in [0.3, 0.4) is 0 Å². The first kappa shape index (κ1) is 13.3. The Hall–Kier alpha value is -1.65. The molecule has 1 heteroatoms. The summed E-state index contributed by atoms with van der Waals surface area (Å²) in [6.07, 6.45) is 7.13. The van der Waals surface area contributed by atoms with Gasteiger partial charge in [0.05, 0.1) is 0 Å². The molecule has 0 spiro atoms. The van der Waals surface area contributed by atoms with E-state index < -0.39 is 7.92 Å². The van der Waals surface area contributed by atoms with E-state index in [1.165, 1.54) is 15.9 Å². The van der Waals surface area contributed by atoms with Gasteiger partial charge in [0.15, 0.2) is 0 Å². The van der Waals surface area contributed by atoms with E-state index in [-0.39, 0.29) is 0 Å². The average Bonchev–Trinajstić information content (AvgIpc) is 2.98. The van der Waals surface area contributed by atoms with E-state index in [4.69, 9.17) is 0 Å². The second-order valence-corrected chi connectivity index (χ2v) is 7.22. The van der Waals surface area contributed by atoms with Crippen molar-refractivity contribution < 1.29 is 0 Å². The van der Waals surface area contributed by atoms with E-state index in [9.17, 15) is 0 Å². The SMILES string of the molecule is CCC1=CC(P(c2ccccc2)c2ccccc2)=CC1. The summed E-state index contributed by atoms with van der Waals surface area (Å²) in [6.45, 7) is 2.25. The molecule has 0 bridgehead atoms. The molecule has 0 saturated carbocycles. The molecule has 1 aliphatic carbocycles. The van der Waals surface area contributed by atoms with Gasteiger partial charge in [-0.1, -0.05) is 85.3 Å². The molecule has 0 heterocycles. The van der Waals surface area contributed by atoms with E-state index in [1.54, 1.807) is 5.57 Å². The lowest BCUT2D eigenvalue weighted by molar-refractivity contribution is 1.05. The molecule has 0 fully saturated rings. The van der Waals surface area contributed by atoms with Crippen LogP contribution >= 0.6 is 7.92 Å². The lowest BCUT2D eigenvalue weighted by Gasteiger charge is -2.19. The zero-order valence-corrected chi connectivity index (χ0v) is 12.7. The van der Waals surface area contributed by atoms with Crippen molar-refractivity contribution >= 4 is 18.5 Å². The standard InChI is InChI=1S/C19H19P/c1-2-16-13-14-19(15-16)20(17-9-5-3-6-10-17)18-11-7-4-8-12-18/h3-12,14-15H,2,13H2,1H3.